The number of rotatable bonds is 2. The highest BCUT2D eigenvalue weighted by molar-refractivity contribution is 6.33. The molecule has 0 amide bonds. The van der Waals surface area contributed by atoms with E-state index < -0.39 is 5.97 Å². The number of hydrogen-bond acceptors (Lipinski definition) is 2. The van der Waals surface area contributed by atoms with Gasteiger partial charge in [0, 0.05) is 11.8 Å². The van der Waals surface area contributed by atoms with Crippen LogP contribution in [0.25, 0.3) is 11.3 Å². The van der Waals surface area contributed by atoms with E-state index in [1.54, 1.807) is 18.3 Å². The Bertz CT molecular complexity index is 526. The summed E-state index contributed by atoms with van der Waals surface area (Å²) in [6.07, 6.45) is 1.67. The Balaban J connectivity index is 2.46. The van der Waals surface area contributed by atoms with E-state index in [1.807, 2.05) is 18.2 Å². The molecule has 80 valence electrons. The van der Waals surface area contributed by atoms with Crippen molar-refractivity contribution >= 4 is 17.6 Å². The minimum Gasteiger partial charge on any atom is -0.478 e. The number of aromatic carboxylic acids is 1. The van der Waals surface area contributed by atoms with Gasteiger partial charge in [-0.15, -0.1) is 0 Å². The molecule has 0 fully saturated rings. The van der Waals surface area contributed by atoms with E-state index in [0.29, 0.717) is 0 Å². The molecule has 0 saturated carbocycles. The molecule has 0 saturated heterocycles. The molecule has 0 atom stereocenters. The lowest BCUT2D eigenvalue weighted by atomic mass is 10.1. The summed E-state index contributed by atoms with van der Waals surface area (Å²) in [7, 11) is 0. The number of carboxylic acids is 1. The number of carbonyl (C=O) groups is 1. The monoisotopic (exact) mass is 233 g/mol. The van der Waals surface area contributed by atoms with Crippen LogP contribution in [-0.4, -0.2) is 16.1 Å². The Morgan fingerprint density at radius 1 is 1.25 bits per heavy atom. The molecule has 0 aliphatic rings. The van der Waals surface area contributed by atoms with E-state index in [4.69, 9.17) is 16.7 Å². The number of benzene rings is 1. The van der Waals surface area contributed by atoms with E-state index in [0.717, 1.165) is 11.3 Å². The van der Waals surface area contributed by atoms with Gasteiger partial charge in [0.2, 0.25) is 0 Å². The predicted octanol–water partition coefficient (Wildman–Crippen LogP) is 3.10. The second-order valence-corrected chi connectivity index (χ2v) is 3.62. The van der Waals surface area contributed by atoms with Crippen LogP contribution in [0.5, 0.6) is 0 Å². The summed E-state index contributed by atoms with van der Waals surface area (Å²) < 4.78 is 0. The minimum atomic E-state index is -1.03. The Labute approximate surface area is 97.3 Å². The average molecular weight is 234 g/mol. The molecular weight excluding hydrogens is 226 g/mol. The van der Waals surface area contributed by atoms with E-state index in [1.165, 1.54) is 6.07 Å². The topological polar surface area (TPSA) is 50.2 Å². The van der Waals surface area contributed by atoms with Gasteiger partial charge in [-0.1, -0.05) is 23.7 Å². The van der Waals surface area contributed by atoms with E-state index in [2.05, 4.69) is 4.98 Å². The zero-order chi connectivity index (χ0) is 11.5. The number of hydrogen-bond donors (Lipinski definition) is 1. The molecule has 0 aliphatic carbocycles. The third-order valence-electron chi connectivity index (χ3n) is 2.16. The lowest BCUT2D eigenvalue weighted by molar-refractivity contribution is 0.0697. The fourth-order valence-corrected chi connectivity index (χ4v) is 1.64. The van der Waals surface area contributed by atoms with Crippen LogP contribution >= 0.6 is 11.6 Å². The van der Waals surface area contributed by atoms with Crippen molar-refractivity contribution in [3.05, 3.63) is 53.2 Å². The molecule has 2 aromatic rings. The maximum Gasteiger partial charge on any atom is 0.337 e. The van der Waals surface area contributed by atoms with Crippen LogP contribution in [0.2, 0.25) is 5.02 Å². The van der Waals surface area contributed by atoms with Gasteiger partial charge in [-0.2, -0.15) is 0 Å². The van der Waals surface area contributed by atoms with Crippen LogP contribution in [0.3, 0.4) is 0 Å². The smallest absolute Gasteiger partial charge is 0.337 e. The number of carboxylic acid groups (broad SMARTS) is 1. The first-order valence-electron chi connectivity index (χ1n) is 4.63. The van der Waals surface area contributed by atoms with Crippen molar-refractivity contribution in [1.82, 2.24) is 4.98 Å². The first kappa shape index (κ1) is 10.6. The summed E-state index contributed by atoms with van der Waals surface area (Å²) in [5.41, 5.74) is 1.67. The van der Waals surface area contributed by atoms with Gasteiger partial charge in [-0.3, -0.25) is 4.98 Å². The zero-order valence-electron chi connectivity index (χ0n) is 8.22. The van der Waals surface area contributed by atoms with Crippen molar-refractivity contribution in [2.75, 3.05) is 0 Å². The SMILES string of the molecule is O=C(O)c1ccc(-c2ccccn2)cc1Cl. The van der Waals surface area contributed by atoms with Crippen LogP contribution < -0.4 is 0 Å². The van der Waals surface area contributed by atoms with Crippen molar-refractivity contribution < 1.29 is 9.90 Å². The van der Waals surface area contributed by atoms with Crippen molar-refractivity contribution in [2.45, 2.75) is 0 Å². The van der Waals surface area contributed by atoms with Crippen LogP contribution in [0.4, 0.5) is 0 Å². The number of pyridine rings is 1. The molecule has 0 bridgehead atoms. The summed E-state index contributed by atoms with van der Waals surface area (Å²) in [5, 5.41) is 9.05. The highest BCUT2D eigenvalue weighted by Gasteiger charge is 2.09. The number of halogens is 1. The Hall–Kier alpha value is -1.87. The normalized spacial score (nSPS) is 10.1. The number of nitrogens with zero attached hydrogens (tertiary/aromatic N) is 1. The predicted molar refractivity (Wildman–Crippen MR) is 61.6 cm³/mol. The molecule has 0 aliphatic heterocycles. The summed E-state index contributed by atoms with van der Waals surface area (Å²) in [5.74, 6) is -1.03. The van der Waals surface area contributed by atoms with Gasteiger partial charge < -0.3 is 5.11 Å². The average Bonchev–Trinajstić information content (AvgIpc) is 2.29. The molecule has 4 heteroatoms. The maximum absolute atomic E-state index is 10.8. The Morgan fingerprint density at radius 3 is 2.62 bits per heavy atom. The largest absolute Gasteiger partial charge is 0.478 e. The lowest BCUT2D eigenvalue weighted by Crippen LogP contribution is -1.97. The van der Waals surface area contributed by atoms with E-state index in [9.17, 15) is 4.79 Å². The molecular formula is C12H8ClNO2. The highest BCUT2D eigenvalue weighted by Crippen LogP contribution is 2.24. The third-order valence-corrected chi connectivity index (χ3v) is 2.47. The van der Waals surface area contributed by atoms with Crippen LogP contribution in [0, 0.1) is 0 Å². The fourth-order valence-electron chi connectivity index (χ4n) is 1.38. The molecule has 16 heavy (non-hydrogen) atoms. The Morgan fingerprint density at radius 2 is 2.06 bits per heavy atom. The summed E-state index contributed by atoms with van der Waals surface area (Å²) in [4.78, 5) is 14.9. The summed E-state index contributed by atoms with van der Waals surface area (Å²) in [6, 6.07) is 10.3. The van der Waals surface area contributed by atoms with Gasteiger partial charge in [0.1, 0.15) is 0 Å². The summed E-state index contributed by atoms with van der Waals surface area (Å²) >= 11 is 5.87. The molecule has 1 N–H and O–H groups in total. The molecule has 0 radical (unpaired) electrons. The molecule has 0 spiro atoms. The second-order valence-electron chi connectivity index (χ2n) is 3.21. The van der Waals surface area contributed by atoms with Crippen molar-refractivity contribution in [3.63, 3.8) is 0 Å². The minimum absolute atomic E-state index is 0.0985. The maximum atomic E-state index is 10.8. The van der Waals surface area contributed by atoms with E-state index in [-0.39, 0.29) is 10.6 Å². The Kier molecular flexibility index (Phi) is 2.88. The number of aromatic nitrogens is 1. The molecule has 2 rings (SSSR count). The second kappa shape index (κ2) is 4.33. The van der Waals surface area contributed by atoms with Crippen molar-refractivity contribution in [3.8, 4) is 11.3 Å². The first-order chi connectivity index (χ1) is 7.68. The first-order valence-corrected chi connectivity index (χ1v) is 5.00. The lowest BCUT2D eigenvalue weighted by Gasteiger charge is -2.03. The van der Waals surface area contributed by atoms with Crippen molar-refractivity contribution in [1.29, 1.82) is 0 Å². The third kappa shape index (κ3) is 2.04. The van der Waals surface area contributed by atoms with E-state index >= 15 is 0 Å². The van der Waals surface area contributed by atoms with Crippen LogP contribution in [0.1, 0.15) is 10.4 Å². The van der Waals surface area contributed by atoms with Gasteiger partial charge in [-0.25, -0.2) is 4.79 Å². The van der Waals surface area contributed by atoms with Gasteiger partial charge >= 0.3 is 5.97 Å². The highest BCUT2D eigenvalue weighted by atomic mass is 35.5. The quantitative estimate of drug-likeness (QED) is 0.867. The molecule has 1 heterocycles. The zero-order valence-corrected chi connectivity index (χ0v) is 8.98. The van der Waals surface area contributed by atoms with Gasteiger partial charge in [-0.05, 0) is 24.3 Å². The standard InChI is InChI=1S/C12H8ClNO2/c13-10-7-8(4-5-9(10)12(15)16)11-3-1-2-6-14-11/h1-7H,(H,15,16). The van der Waals surface area contributed by atoms with Crippen molar-refractivity contribution in [2.24, 2.45) is 0 Å². The molecule has 1 aromatic heterocycles. The fraction of sp³-hybridized carbons (Fsp3) is 0. The van der Waals surface area contributed by atoms with Crippen LogP contribution in [-0.2, 0) is 0 Å². The van der Waals surface area contributed by atoms with Gasteiger partial charge in [0.15, 0.2) is 0 Å². The van der Waals surface area contributed by atoms with Crippen LogP contribution in [0.15, 0.2) is 42.6 Å². The van der Waals surface area contributed by atoms with Gasteiger partial charge in [0.05, 0.1) is 16.3 Å². The van der Waals surface area contributed by atoms with Gasteiger partial charge in [0.25, 0.3) is 0 Å². The molecule has 0 unspecified atom stereocenters. The molecule has 1 aromatic carbocycles. The molecule has 3 nitrogen and oxygen atoms in total. The summed E-state index contributed by atoms with van der Waals surface area (Å²) in [6.45, 7) is 0.